The first-order chi connectivity index (χ1) is 23.6. The predicted octanol–water partition coefficient (Wildman–Crippen LogP) is 4.20. The second-order valence-corrected chi connectivity index (χ2v) is 16.1. The summed E-state index contributed by atoms with van der Waals surface area (Å²) in [5.74, 6) is 0.217. The number of nitrogens with zero attached hydrogens (tertiary/aromatic N) is 3. The van der Waals surface area contributed by atoms with Crippen molar-refractivity contribution >= 4 is 27.7 Å². The number of ether oxygens (including phenoxy) is 1. The number of likely N-dealkylation sites (tertiary alicyclic amines) is 1. The molecule has 1 aromatic carbocycles. The highest BCUT2D eigenvalue weighted by Crippen LogP contribution is 2.32. The Morgan fingerprint density at radius 2 is 1.62 bits per heavy atom. The summed E-state index contributed by atoms with van der Waals surface area (Å²) in [5.41, 5.74) is 2.18. The molecule has 50 heavy (non-hydrogen) atoms. The van der Waals surface area contributed by atoms with E-state index < -0.39 is 34.3 Å². The minimum absolute atomic E-state index is 0.0578. The molecular formula is C35H53F3N4O7S. The highest BCUT2D eigenvalue weighted by atomic mass is 32.2. The first-order valence-corrected chi connectivity index (χ1v) is 19.5. The van der Waals surface area contributed by atoms with Gasteiger partial charge in [0.2, 0.25) is 10.0 Å². The largest absolute Gasteiger partial charge is 0.394 e. The molecule has 0 unspecified atom stereocenters. The molecule has 0 aliphatic carbocycles. The van der Waals surface area contributed by atoms with Crippen LogP contribution in [0.4, 0.5) is 13.2 Å². The van der Waals surface area contributed by atoms with Crippen molar-refractivity contribution in [2.45, 2.75) is 121 Å². The van der Waals surface area contributed by atoms with Crippen LogP contribution < -0.4 is 5.32 Å². The lowest BCUT2D eigenvalue weighted by Crippen LogP contribution is -2.50. The maximum Gasteiger partial charge on any atom is 0.389 e. The number of alkyl halides is 3. The standard InChI is InChI=1S/C35H53F3N4O7S/c1-25-21-27(32(45)41-16-10-29(11-17-41)49-24-28(44)23-43)22-26(2)30(25)12-20-50(47,48)42-18-14-34(15-19-42)33(46)39-31(40-34)9-7-5-3-4-6-8-13-35(36,37)38/h21-22,28-29,43-44H,3-20,23-24H2,1-2H3,(H,39,40,46)/t28-/m0/s1. The zero-order chi connectivity index (χ0) is 36.5. The zero-order valence-corrected chi connectivity index (χ0v) is 30.1. The van der Waals surface area contributed by atoms with Gasteiger partial charge in [-0.3, -0.25) is 14.6 Å². The number of nitrogens with one attached hydrogen (secondary N) is 1. The Bertz CT molecular complexity index is 1430. The van der Waals surface area contributed by atoms with Crippen molar-refractivity contribution in [2.24, 2.45) is 4.99 Å². The minimum Gasteiger partial charge on any atom is -0.394 e. The molecular weight excluding hydrogens is 677 g/mol. The number of benzene rings is 1. The van der Waals surface area contributed by atoms with Gasteiger partial charge in [0.15, 0.2) is 0 Å². The molecule has 1 aromatic rings. The van der Waals surface area contributed by atoms with Gasteiger partial charge in [0, 0.05) is 44.6 Å². The Kier molecular flexibility index (Phi) is 14.3. The lowest BCUT2D eigenvalue weighted by Gasteiger charge is -2.34. The van der Waals surface area contributed by atoms with E-state index in [1.165, 1.54) is 4.31 Å². The van der Waals surface area contributed by atoms with Crippen molar-refractivity contribution < 1.29 is 46.1 Å². The van der Waals surface area contributed by atoms with Crippen LogP contribution in [0.15, 0.2) is 17.1 Å². The first kappa shape index (κ1) is 40.2. The first-order valence-electron chi connectivity index (χ1n) is 17.9. The molecule has 1 spiro atoms. The SMILES string of the molecule is Cc1cc(C(=O)N2CCC(OC[C@@H](O)CO)CC2)cc(C)c1CCS(=O)(=O)N1CCC2(CC1)N=C(CCCCCCCCC(F)(F)F)NC2=O. The highest BCUT2D eigenvalue weighted by molar-refractivity contribution is 7.89. The van der Waals surface area contributed by atoms with Gasteiger partial charge in [-0.15, -0.1) is 0 Å². The third kappa shape index (κ3) is 11.2. The summed E-state index contributed by atoms with van der Waals surface area (Å²) in [6, 6.07) is 3.63. The van der Waals surface area contributed by atoms with Crippen LogP contribution in [0.2, 0.25) is 0 Å². The number of hydrogen-bond donors (Lipinski definition) is 3. The topological polar surface area (TPSA) is 149 Å². The summed E-state index contributed by atoms with van der Waals surface area (Å²) in [5, 5.41) is 21.3. The molecule has 0 bridgehead atoms. The smallest absolute Gasteiger partial charge is 0.389 e. The molecule has 15 heteroatoms. The lowest BCUT2D eigenvalue weighted by atomic mass is 9.89. The molecule has 2 amide bonds. The van der Waals surface area contributed by atoms with Crippen LogP contribution >= 0.6 is 0 Å². The van der Waals surface area contributed by atoms with Crippen LogP contribution in [0.1, 0.15) is 104 Å². The summed E-state index contributed by atoms with van der Waals surface area (Å²) < 4.78 is 70.7. The van der Waals surface area contributed by atoms with E-state index in [1.807, 2.05) is 26.0 Å². The number of amides is 2. The van der Waals surface area contributed by atoms with E-state index in [4.69, 9.17) is 14.8 Å². The van der Waals surface area contributed by atoms with Gasteiger partial charge in [-0.2, -0.15) is 13.2 Å². The van der Waals surface area contributed by atoms with E-state index in [9.17, 15) is 36.3 Å². The number of rotatable bonds is 17. The van der Waals surface area contributed by atoms with E-state index >= 15 is 0 Å². The number of aliphatic hydroxyl groups is 2. The number of piperidine rings is 2. The van der Waals surface area contributed by atoms with Gasteiger partial charge in [0.05, 0.1) is 25.1 Å². The van der Waals surface area contributed by atoms with Crippen LogP contribution in [0, 0.1) is 13.8 Å². The van der Waals surface area contributed by atoms with Gasteiger partial charge in [0.25, 0.3) is 11.8 Å². The number of sulfonamides is 1. The zero-order valence-electron chi connectivity index (χ0n) is 29.3. The minimum atomic E-state index is -4.10. The molecule has 11 nitrogen and oxygen atoms in total. The number of aliphatic imine (C=N–C) groups is 1. The second kappa shape index (κ2) is 17.8. The third-order valence-electron chi connectivity index (χ3n) is 10.1. The molecule has 2 saturated heterocycles. The van der Waals surface area contributed by atoms with Crippen molar-refractivity contribution in [2.75, 3.05) is 45.1 Å². The van der Waals surface area contributed by atoms with E-state index in [1.54, 1.807) is 4.90 Å². The Balaban J connectivity index is 1.22. The number of aliphatic hydroxyl groups excluding tert-OH is 2. The molecule has 3 aliphatic rings. The summed E-state index contributed by atoms with van der Waals surface area (Å²) in [4.78, 5) is 32.7. The molecule has 1 atom stereocenters. The number of hydrogen-bond acceptors (Lipinski definition) is 8. The molecule has 282 valence electrons. The summed E-state index contributed by atoms with van der Waals surface area (Å²) >= 11 is 0. The van der Waals surface area contributed by atoms with Crippen molar-refractivity contribution in [3.05, 3.63) is 34.4 Å². The van der Waals surface area contributed by atoms with Gasteiger partial charge >= 0.3 is 6.18 Å². The maximum atomic E-state index is 13.4. The molecule has 3 heterocycles. The quantitative estimate of drug-likeness (QED) is 0.204. The fourth-order valence-electron chi connectivity index (χ4n) is 7.08. The van der Waals surface area contributed by atoms with Crippen LogP contribution in [0.3, 0.4) is 0 Å². The van der Waals surface area contributed by atoms with Gasteiger partial charge in [-0.05, 0) is 87.6 Å². The van der Waals surface area contributed by atoms with E-state index in [2.05, 4.69) is 5.32 Å². The molecule has 0 saturated carbocycles. The van der Waals surface area contributed by atoms with Crippen LogP contribution in [0.5, 0.6) is 0 Å². The second-order valence-electron chi connectivity index (χ2n) is 14.0. The number of amidine groups is 1. The van der Waals surface area contributed by atoms with Crippen molar-refractivity contribution in [3.63, 3.8) is 0 Å². The summed E-state index contributed by atoms with van der Waals surface area (Å²) in [7, 11) is -3.61. The Labute approximate surface area is 293 Å². The highest BCUT2D eigenvalue weighted by Gasteiger charge is 2.47. The van der Waals surface area contributed by atoms with Crippen molar-refractivity contribution in [3.8, 4) is 0 Å². The summed E-state index contributed by atoms with van der Waals surface area (Å²) in [6.07, 6.45) is 0.771. The third-order valence-corrected chi connectivity index (χ3v) is 12.0. The number of carbonyl (C=O) groups is 2. The molecule has 0 aromatic heterocycles. The van der Waals surface area contributed by atoms with Crippen LogP contribution in [-0.2, 0) is 26.0 Å². The van der Waals surface area contributed by atoms with E-state index in [0.29, 0.717) is 69.4 Å². The molecule has 4 rings (SSSR count). The number of halogens is 3. The Morgan fingerprint density at radius 3 is 2.22 bits per heavy atom. The lowest BCUT2D eigenvalue weighted by molar-refractivity contribution is -0.135. The van der Waals surface area contributed by atoms with Crippen molar-refractivity contribution in [1.29, 1.82) is 0 Å². The fourth-order valence-corrected chi connectivity index (χ4v) is 8.54. The Hall–Kier alpha value is -2.59. The molecule has 0 radical (unpaired) electrons. The molecule has 3 aliphatic heterocycles. The molecule has 3 N–H and O–H groups in total. The number of carbonyl (C=O) groups excluding carboxylic acids is 2. The maximum absolute atomic E-state index is 13.4. The van der Waals surface area contributed by atoms with Gasteiger partial charge in [0.1, 0.15) is 17.5 Å². The molecule has 2 fully saturated rings. The van der Waals surface area contributed by atoms with Gasteiger partial charge in [-0.25, -0.2) is 12.7 Å². The van der Waals surface area contributed by atoms with Gasteiger partial charge < -0.3 is 25.2 Å². The van der Waals surface area contributed by atoms with Crippen LogP contribution in [0.25, 0.3) is 0 Å². The fraction of sp³-hybridized carbons (Fsp3) is 0.743. The number of unbranched alkanes of at least 4 members (excludes halogenated alkanes) is 5. The Morgan fingerprint density at radius 1 is 1.02 bits per heavy atom. The van der Waals surface area contributed by atoms with E-state index in [0.717, 1.165) is 42.4 Å². The van der Waals surface area contributed by atoms with E-state index in [-0.39, 0.29) is 56.4 Å². The summed E-state index contributed by atoms with van der Waals surface area (Å²) in [6.45, 7) is 4.89. The number of aryl methyl sites for hydroxylation is 2. The van der Waals surface area contributed by atoms with Crippen LogP contribution in [-0.4, -0.2) is 115 Å². The van der Waals surface area contributed by atoms with Gasteiger partial charge in [-0.1, -0.05) is 25.7 Å². The monoisotopic (exact) mass is 730 g/mol. The average molecular weight is 731 g/mol. The normalized spacial score (nSPS) is 19.5. The van der Waals surface area contributed by atoms with Crippen molar-refractivity contribution in [1.82, 2.24) is 14.5 Å². The average Bonchev–Trinajstić information content (AvgIpc) is 3.37. The predicted molar refractivity (Wildman–Crippen MR) is 183 cm³/mol.